The molecule has 0 radical (unpaired) electrons. The van der Waals surface area contributed by atoms with Crippen LogP contribution >= 0.6 is 11.3 Å². The molecule has 0 saturated carbocycles. The number of fused-ring (bicyclic) bond motifs is 1. The van der Waals surface area contributed by atoms with Gasteiger partial charge in [-0.15, -0.1) is 11.3 Å². The van der Waals surface area contributed by atoms with Crippen molar-refractivity contribution < 1.29 is 13.2 Å². The minimum atomic E-state index is -4.29. The Labute approximate surface area is 118 Å². The summed E-state index contributed by atoms with van der Waals surface area (Å²) in [6.07, 6.45) is -3.49. The average molecular weight is 304 g/mol. The molecule has 8 heteroatoms. The predicted molar refractivity (Wildman–Crippen MR) is 75.1 cm³/mol. The molecular weight excluding hydrogens is 289 g/mol. The molecule has 0 aliphatic heterocycles. The van der Waals surface area contributed by atoms with Crippen LogP contribution < -0.4 is 10.6 Å². The average Bonchev–Trinajstić information content (AvgIpc) is 2.76. The van der Waals surface area contributed by atoms with Crippen molar-refractivity contribution in [2.45, 2.75) is 26.4 Å². The Hall–Kier alpha value is -1.57. The molecule has 0 aliphatic rings. The Balaban J connectivity index is 2.53. The van der Waals surface area contributed by atoms with E-state index in [2.05, 4.69) is 9.97 Å². The van der Waals surface area contributed by atoms with Crippen LogP contribution in [0.5, 0.6) is 0 Å². The smallest absolute Gasteiger partial charge is 0.368 e. The number of hydrogen-bond donors (Lipinski definition) is 1. The molecule has 0 fully saturated rings. The van der Waals surface area contributed by atoms with Crippen molar-refractivity contribution in [3.8, 4) is 0 Å². The second-order valence-corrected chi connectivity index (χ2v) is 5.44. The summed E-state index contributed by atoms with van der Waals surface area (Å²) in [6, 6.07) is 1.84. The van der Waals surface area contributed by atoms with Crippen LogP contribution in [-0.4, -0.2) is 29.2 Å². The zero-order chi connectivity index (χ0) is 14.9. The van der Waals surface area contributed by atoms with E-state index in [-0.39, 0.29) is 18.3 Å². The van der Waals surface area contributed by atoms with Crippen LogP contribution in [0.2, 0.25) is 0 Å². The number of alkyl halides is 3. The highest BCUT2D eigenvalue weighted by Crippen LogP contribution is 2.33. The Morgan fingerprint density at radius 2 is 2.00 bits per heavy atom. The molecule has 0 amide bonds. The second kappa shape index (κ2) is 5.43. The van der Waals surface area contributed by atoms with Crippen LogP contribution in [0.25, 0.3) is 10.2 Å². The lowest BCUT2D eigenvalue weighted by atomic mass is 10.3. The van der Waals surface area contributed by atoms with Crippen molar-refractivity contribution in [3.63, 3.8) is 0 Å². The van der Waals surface area contributed by atoms with E-state index in [0.717, 1.165) is 11.3 Å². The van der Waals surface area contributed by atoms with Gasteiger partial charge in [-0.05, 0) is 19.4 Å². The van der Waals surface area contributed by atoms with E-state index in [1.54, 1.807) is 6.92 Å². The zero-order valence-corrected chi connectivity index (χ0v) is 12.0. The van der Waals surface area contributed by atoms with E-state index >= 15 is 0 Å². The van der Waals surface area contributed by atoms with Crippen molar-refractivity contribution in [1.82, 2.24) is 9.97 Å². The van der Waals surface area contributed by atoms with Crippen molar-refractivity contribution in [3.05, 3.63) is 10.9 Å². The van der Waals surface area contributed by atoms with Crippen molar-refractivity contribution >= 4 is 33.3 Å². The molecule has 0 atom stereocenters. The summed E-state index contributed by atoms with van der Waals surface area (Å²) in [5.74, 6) is 0.251. The SMILES string of the molecule is CCc1cc2c(N(CC)CC(F)(F)F)nc(N)nc2s1. The summed E-state index contributed by atoms with van der Waals surface area (Å²) in [6.45, 7) is 2.78. The first-order valence-corrected chi connectivity index (χ1v) is 7.03. The summed E-state index contributed by atoms with van der Waals surface area (Å²) in [5.41, 5.74) is 5.61. The zero-order valence-electron chi connectivity index (χ0n) is 11.2. The Morgan fingerprint density at radius 1 is 1.30 bits per heavy atom. The molecule has 0 bridgehead atoms. The van der Waals surface area contributed by atoms with Gasteiger partial charge >= 0.3 is 6.18 Å². The van der Waals surface area contributed by atoms with Gasteiger partial charge in [0.15, 0.2) is 0 Å². The molecule has 2 aromatic rings. The van der Waals surface area contributed by atoms with Crippen LogP contribution in [0.4, 0.5) is 24.9 Å². The lowest BCUT2D eigenvalue weighted by molar-refractivity contribution is -0.119. The fourth-order valence-electron chi connectivity index (χ4n) is 1.94. The van der Waals surface area contributed by atoms with Crippen LogP contribution in [0.15, 0.2) is 6.07 Å². The first-order chi connectivity index (χ1) is 9.34. The molecule has 2 rings (SSSR count). The van der Waals surface area contributed by atoms with Gasteiger partial charge in [-0.2, -0.15) is 18.2 Å². The van der Waals surface area contributed by atoms with Crippen LogP contribution in [-0.2, 0) is 6.42 Å². The maximum atomic E-state index is 12.6. The summed E-state index contributed by atoms with van der Waals surface area (Å²) in [5, 5.41) is 0.632. The maximum Gasteiger partial charge on any atom is 0.405 e. The van der Waals surface area contributed by atoms with E-state index in [1.807, 2.05) is 13.0 Å². The Bertz CT molecular complexity index is 609. The Morgan fingerprint density at radius 3 is 2.55 bits per heavy atom. The van der Waals surface area contributed by atoms with E-state index in [0.29, 0.717) is 10.2 Å². The van der Waals surface area contributed by atoms with Gasteiger partial charge in [0.25, 0.3) is 0 Å². The number of thiophene rings is 1. The highest BCUT2D eigenvalue weighted by Gasteiger charge is 2.31. The molecule has 2 aromatic heterocycles. The minimum Gasteiger partial charge on any atom is -0.368 e. The Kier molecular flexibility index (Phi) is 4.03. The number of rotatable bonds is 4. The number of aryl methyl sites for hydroxylation is 1. The molecule has 2 heterocycles. The van der Waals surface area contributed by atoms with E-state index < -0.39 is 12.7 Å². The van der Waals surface area contributed by atoms with Gasteiger partial charge in [0, 0.05) is 11.4 Å². The lowest BCUT2D eigenvalue weighted by Gasteiger charge is -2.23. The van der Waals surface area contributed by atoms with Gasteiger partial charge in [-0.25, -0.2) is 4.98 Å². The molecular formula is C12H15F3N4S. The first kappa shape index (κ1) is 14.8. The number of hydrogen-bond acceptors (Lipinski definition) is 5. The van der Waals surface area contributed by atoms with Crippen molar-refractivity contribution in [2.75, 3.05) is 23.7 Å². The normalized spacial score (nSPS) is 12.1. The topological polar surface area (TPSA) is 55.0 Å². The molecule has 0 saturated heterocycles. The third kappa shape index (κ3) is 3.12. The van der Waals surface area contributed by atoms with Gasteiger partial charge in [0.2, 0.25) is 5.95 Å². The number of nitrogen functional groups attached to an aromatic ring is 1. The standard InChI is InChI=1S/C12H15F3N4S/c1-3-7-5-8-9(17-11(16)18-10(8)20-7)19(4-2)6-12(13,14)15/h5H,3-4,6H2,1-2H3,(H2,16,17,18). The number of halogens is 3. The molecule has 110 valence electrons. The van der Waals surface area contributed by atoms with Gasteiger partial charge < -0.3 is 10.6 Å². The lowest BCUT2D eigenvalue weighted by Crippen LogP contribution is -2.34. The highest BCUT2D eigenvalue weighted by atomic mass is 32.1. The first-order valence-electron chi connectivity index (χ1n) is 6.21. The molecule has 0 spiro atoms. The van der Waals surface area contributed by atoms with E-state index in [4.69, 9.17) is 5.73 Å². The van der Waals surface area contributed by atoms with E-state index in [1.165, 1.54) is 16.2 Å². The molecule has 20 heavy (non-hydrogen) atoms. The monoisotopic (exact) mass is 304 g/mol. The van der Waals surface area contributed by atoms with Gasteiger partial charge in [0.05, 0.1) is 5.39 Å². The predicted octanol–water partition coefficient (Wildman–Crippen LogP) is 3.22. The maximum absolute atomic E-state index is 12.6. The molecule has 0 unspecified atom stereocenters. The molecule has 0 aromatic carbocycles. The second-order valence-electron chi connectivity index (χ2n) is 4.32. The third-order valence-electron chi connectivity index (χ3n) is 2.84. The van der Waals surface area contributed by atoms with Crippen molar-refractivity contribution in [1.29, 1.82) is 0 Å². The number of aromatic nitrogens is 2. The summed E-state index contributed by atoms with van der Waals surface area (Å²) in [7, 11) is 0. The summed E-state index contributed by atoms with van der Waals surface area (Å²) in [4.78, 5) is 10.9. The van der Waals surface area contributed by atoms with Crippen LogP contribution in [0.3, 0.4) is 0 Å². The van der Waals surface area contributed by atoms with Crippen LogP contribution in [0.1, 0.15) is 18.7 Å². The number of nitrogens with two attached hydrogens (primary N) is 1. The van der Waals surface area contributed by atoms with Crippen molar-refractivity contribution in [2.24, 2.45) is 0 Å². The quantitative estimate of drug-likeness (QED) is 0.942. The highest BCUT2D eigenvalue weighted by molar-refractivity contribution is 7.18. The summed E-state index contributed by atoms with van der Waals surface area (Å²) < 4.78 is 37.9. The largest absolute Gasteiger partial charge is 0.405 e. The molecule has 2 N–H and O–H groups in total. The minimum absolute atomic E-state index is 0.00220. The fourth-order valence-corrected chi connectivity index (χ4v) is 2.91. The molecule has 0 aliphatic carbocycles. The van der Waals surface area contributed by atoms with Gasteiger partial charge in [-0.3, -0.25) is 0 Å². The summed E-state index contributed by atoms with van der Waals surface area (Å²) >= 11 is 1.43. The number of nitrogens with zero attached hydrogens (tertiary/aromatic N) is 3. The van der Waals surface area contributed by atoms with E-state index in [9.17, 15) is 13.2 Å². The number of anilines is 2. The van der Waals surface area contributed by atoms with Gasteiger partial charge in [0.1, 0.15) is 17.2 Å². The fraction of sp³-hybridized carbons (Fsp3) is 0.500. The van der Waals surface area contributed by atoms with Crippen LogP contribution in [0, 0.1) is 0 Å². The molecule has 4 nitrogen and oxygen atoms in total. The van der Waals surface area contributed by atoms with Gasteiger partial charge in [-0.1, -0.05) is 6.92 Å². The third-order valence-corrected chi connectivity index (χ3v) is 4.01.